The maximum atomic E-state index is 12.4. The quantitative estimate of drug-likeness (QED) is 0.766. The first kappa shape index (κ1) is 14.0. The first-order chi connectivity index (χ1) is 10.0. The maximum Gasteiger partial charge on any atom is 0.298 e. The summed E-state index contributed by atoms with van der Waals surface area (Å²) in [5, 5.41) is 0.119. The first-order valence-electron chi connectivity index (χ1n) is 6.14. The Balaban J connectivity index is 1.94. The van der Waals surface area contributed by atoms with Crippen LogP contribution in [-0.4, -0.2) is 11.1 Å². The number of aryl methyl sites for hydroxylation is 1. The first-order valence-corrected chi connectivity index (χ1v) is 7.34. The summed E-state index contributed by atoms with van der Waals surface area (Å²) in [4.78, 5) is 25.9. The average molecular weight is 320 g/mol. The van der Waals surface area contributed by atoms with Gasteiger partial charge in [-0.2, -0.15) is 0 Å². The maximum absolute atomic E-state index is 12.4. The predicted octanol–water partition coefficient (Wildman–Crippen LogP) is 4.48. The molecule has 2 heterocycles. The number of rotatable bonds is 2. The second-order valence-corrected chi connectivity index (χ2v) is 5.88. The lowest BCUT2D eigenvalue weighted by Gasteiger charge is -2.12. The molecule has 3 rings (SSSR count). The lowest BCUT2D eigenvalue weighted by Crippen LogP contribution is -2.27. The summed E-state index contributed by atoms with van der Waals surface area (Å²) in [6, 6.07) is 10.2. The number of hydrogen-bond donors (Lipinski definition) is 0. The minimum atomic E-state index is -0.374. The molecule has 1 aliphatic rings. The Morgan fingerprint density at radius 2 is 2.05 bits per heavy atom. The van der Waals surface area contributed by atoms with E-state index in [9.17, 15) is 9.59 Å². The SMILES string of the molecule is Cc1ccc(C=C2SC(=O)N(c3cccc(Cl)c3)C2=O)o1. The lowest BCUT2D eigenvalue weighted by molar-refractivity contribution is -0.113. The highest BCUT2D eigenvalue weighted by Crippen LogP contribution is 2.36. The van der Waals surface area contributed by atoms with Crippen LogP contribution in [-0.2, 0) is 4.79 Å². The van der Waals surface area contributed by atoms with Gasteiger partial charge in [-0.1, -0.05) is 17.7 Å². The van der Waals surface area contributed by atoms with Crippen molar-refractivity contribution >= 4 is 46.3 Å². The number of carbonyl (C=O) groups excluding carboxylic acids is 2. The van der Waals surface area contributed by atoms with E-state index in [-0.39, 0.29) is 11.1 Å². The van der Waals surface area contributed by atoms with Gasteiger partial charge >= 0.3 is 0 Å². The number of halogens is 1. The minimum absolute atomic E-state index is 0.328. The molecule has 106 valence electrons. The molecule has 6 heteroatoms. The Kier molecular flexibility index (Phi) is 3.61. The zero-order chi connectivity index (χ0) is 15.0. The van der Waals surface area contributed by atoms with Crippen LogP contribution in [0.4, 0.5) is 10.5 Å². The smallest absolute Gasteiger partial charge is 0.298 e. The zero-order valence-electron chi connectivity index (χ0n) is 11.0. The van der Waals surface area contributed by atoms with Crippen molar-refractivity contribution in [2.45, 2.75) is 6.92 Å². The molecule has 0 radical (unpaired) electrons. The van der Waals surface area contributed by atoms with E-state index in [1.54, 1.807) is 42.5 Å². The van der Waals surface area contributed by atoms with Crippen molar-refractivity contribution in [1.29, 1.82) is 0 Å². The van der Waals surface area contributed by atoms with Crippen molar-refractivity contribution in [3.8, 4) is 0 Å². The number of nitrogens with zero attached hydrogens (tertiary/aromatic N) is 1. The Morgan fingerprint density at radius 1 is 1.24 bits per heavy atom. The average Bonchev–Trinajstić information content (AvgIpc) is 2.94. The van der Waals surface area contributed by atoms with Crippen LogP contribution in [0.5, 0.6) is 0 Å². The molecule has 1 aliphatic heterocycles. The predicted molar refractivity (Wildman–Crippen MR) is 83.3 cm³/mol. The molecule has 0 aliphatic carbocycles. The molecule has 0 saturated carbocycles. The summed E-state index contributed by atoms with van der Waals surface area (Å²) in [5.41, 5.74) is 0.462. The van der Waals surface area contributed by atoms with Gasteiger partial charge in [-0.05, 0) is 49.0 Å². The number of furan rings is 1. The normalized spacial score (nSPS) is 17.0. The monoisotopic (exact) mass is 319 g/mol. The van der Waals surface area contributed by atoms with Crippen LogP contribution >= 0.6 is 23.4 Å². The number of anilines is 1. The fraction of sp³-hybridized carbons (Fsp3) is 0.0667. The van der Waals surface area contributed by atoms with E-state index in [1.807, 2.05) is 6.92 Å². The van der Waals surface area contributed by atoms with E-state index in [0.29, 0.717) is 21.4 Å². The van der Waals surface area contributed by atoms with Crippen LogP contribution in [0.25, 0.3) is 6.08 Å². The number of thioether (sulfide) groups is 1. The van der Waals surface area contributed by atoms with Crippen molar-refractivity contribution in [2.24, 2.45) is 0 Å². The third-order valence-corrected chi connectivity index (χ3v) is 4.00. The molecular formula is C15H10ClNO3S. The van der Waals surface area contributed by atoms with Crippen LogP contribution in [0, 0.1) is 6.92 Å². The highest BCUT2D eigenvalue weighted by atomic mass is 35.5. The van der Waals surface area contributed by atoms with Gasteiger partial charge in [0.05, 0.1) is 10.6 Å². The van der Waals surface area contributed by atoms with Gasteiger partial charge in [0, 0.05) is 11.1 Å². The highest BCUT2D eigenvalue weighted by molar-refractivity contribution is 8.19. The standard InChI is InChI=1S/C15H10ClNO3S/c1-9-5-6-12(20-9)8-13-14(18)17(15(19)21-13)11-4-2-3-10(16)7-11/h2-8H,1H3. The van der Waals surface area contributed by atoms with Gasteiger partial charge < -0.3 is 4.42 Å². The number of benzene rings is 1. The molecule has 0 bridgehead atoms. The van der Waals surface area contributed by atoms with Crippen LogP contribution in [0.1, 0.15) is 11.5 Å². The summed E-state index contributed by atoms with van der Waals surface area (Å²) in [7, 11) is 0. The third kappa shape index (κ3) is 2.75. The Hall–Kier alpha value is -1.98. The van der Waals surface area contributed by atoms with Crippen LogP contribution in [0.3, 0.4) is 0 Å². The third-order valence-electron chi connectivity index (χ3n) is 2.89. The van der Waals surface area contributed by atoms with Gasteiger partial charge in [-0.25, -0.2) is 4.90 Å². The molecule has 1 fully saturated rings. The van der Waals surface area contributed by atoms with Crippen LogP contribution in [0.2, 0.25) is 5.02 Å². The number of imide groups is 1. The fourth-order valence-corrected chi connectivity index (χ4v) is 2.97. The number of hydrogen-bond acceptors (Lipinski definition) is 4. The van der Waals surface area contributed by atoms with E-state index in [0.717, 1.165) is 22.4 Å². The molecule has 1 aromatic carbocycles. The zero-order valence-corrected chi connectivity index (χ0v) is 12.6. The van der Waals surface area contributed by atoms with E-state index < -0.39 is 0 Å². The molecule has 0 atom stereocenters. The van der Waals surface area contributed by atoms with Gasteiger partial charge in [0.2, 0.25) is 0 Å². The van der Waals surface area contributed by atoms with Gasteiger partial charge in [0.25, 0.3) is 11.1 Å². The summed E-state index contributed by atoms with van der Waals surface area (Å²) in [6.45, 7) is 1.81. The molecule has 0 N–H and O–H groups in total. The summed E-state index contributed by atoms with van der Waals surface area (Å²) < 4.78 is 5.40. The van der Waals surface area contributed by atoms with Crippen molar-refractivity contribution < 1.29 is 14.0 Å². The second-order valence-electron chi connectivity index (χ2n) is 4.45. The van der Waals surface area contributed by atoms with E-state index in [2.05, 4.69) is 0 Å². The summed E-state index contributed by atoms with van der Waals surface area (Å²) >= 11 is 6.78. The highest BCUT2D eigenvalue weighted by Gasteiger charge is 2.36. The summed E-state index contributed by atoms with van der Waals surface area (Å²) in [6.07, 6.45) is 1.57. The molecule has 2 amide bonds. The fourth-order valence-electron chi connectivity index (χ4n) is 1.97. The van der Waals surface area contributed by atoms with Crippen molar-refractivity contribution in [2.75, 3.05) is 4.90 Å². The minimum Gasteiger partial charge on any atom is -0.462 e. The lowest BCUT2D eigenvalue weighted by atomic mass is 10.3. The molecule has 4 nitrogen and oxygen atoms in total. The molecule has 0 spiro atoms. The Bertz CT molecular complexity index is 766. The molecular weight excluding hydrogens is 310 g/mol. The molecule has 1 saturated heterocycles. The van der Waals surface area contributed by atoms with Crippen LogP contribution < -0.4 is 4.90 Å². The Morgan fingerprint density at radius 3 is 2.71 bits per heavy atom. The van der Waals surface area contributed by atoms with Crippen molar-refractivity contribution in [1.82, 2.24) is 0 Å². The second kappa shape index (κ2) is 5.42. The van der Waals surface area contributed by atoms with E-state index in [1.165, 1.54) is 0 Å². The molecule has 2 aromatic rings. The van der Waals surface area contributed by atoms with E-state index in [4.69, 9.17) is 16.0 Å². The summed E-state index contributed by atoms with van der Waals surface area (Å²) in [5.74, 6) is 0.917. The van der Waals surface area contributed by atoms with Gasteiger partial charge in [0.15, 0.2) is 0 Å². The molecule has 0 unspecified atom stereocenters. The largest absolute Gasteiger partial charge is 0.462 e. The van der Waals surface area contributed by atoms with Gasteiger partial charge in [0.1, 0.15) is 11.5 Å². The van der Waals surface area contributed by atoms with E-state index >= 15 is 0 Å². The molecule has 21 heavy (non-hydrogen) atoms. The van der Waals surface area contributed by atoms with Crippen molar-refractivity contribution in [3.05, 3.63) is 57.8 Å². The van der Waals surface area contributed by atoms with Gasteiger partial charge in [-0.15, -0.1) is 0 Å². The Labute approximate surface area is 130 Å². The van der Waals surface area contributed by atoms with Gasteiger partial charge in [-0.3, -0.25) is 9.59 Å². The number of carbonyl (C=O) groups is 2. The topological polar surface area (TPSA) is 50.5 Å². The van der Waals surface area contributed by atoms with Crippen molar-refractivity contribution in [3.63, 3.8) is 0 Å². The van der Waals surface area contributed by atoms with Crippen LogP contribution in [0.15, 0.2) is 45.7 Å². The molecule has 1 aromatic heterocycles. The number of amides is 2.